The Labute approximate surface area is 106 Å². The lowest BCUT2D eigenvalue weighted by molar-refractivity contribution is 0.283. The third-order valence-corrected chi connectivity index (χ3v) is 4.93. The summed E-state index contributed by atoms with van der Waals surface area (Å²) in [6, 6.07) is 6.54. The summed E-state index contributed by atoms with van der Waals surface area (Å²) in [7, 11) is 0. The predicted octanol–water partition coefficient (Wildman–Crippen LogP) is 3.59. The highest BCUT2D eigenvalue weighted by Crippen LogP contribution is 2.35. The van der Waals surface area contributed by atoms with E-state index >= 15 is 0 Å². The second-order valence-corrected chi connectivity index (χ2v) is 6.24. The zero-order valence-corrected chi connectivity index (χ0v) is 11.2. The number of thiazole rings is 1. The highest BCUT2D eigenvalue weighted by Gasteiger charge is 2.31. The average Bonchev–Trinajstić information content (AvgIpc) is 2.73. The van der Waals surface area contributed by atoms with Crippen molar-refractivity contribution in [3.63, 3.8) is 0 Å². The van der Waals surface area contributed by atoms with Crippen molar-refractivity contribution in [2.75, 3.05) is 6.54 Å². The maximum atomic E-state index is 4.82. The predicted molar refractivity (Wildman–Crippen MR) is 73.6 cm³/mol. The molecule has 1 aliphatic rings. The molecule has 0 bridgehead atoms. The number of aryl methyl sites for hydroxylation is 1. The van der Waals surface area contributed by atoms with Gasteiger partial charge in [0, 0.05) is 0 Å². The van der Waals surface area contributed by atoms with Crippen LogP contribution in [0.25, 0.3) is 10.2 Å². The maximum Gasteiger partial charge on any atom is 0.114 e. The van der Waals surface area contributed by atoms with Crippen molar-refractivity contribution >= 4 is 21.6 Å². The SMILES string of the molecule is Cc1ccc2sc(C3(C)CCCCN3)nc2c1. The lowest BCUT2D eigenvalue weighted by Crippen LogP contribution is -2.43. The van der Waals surface area contributed by atoms with Crippen LogP contribution in [0.3, 0.4) is 0 Å². The number of hydrogen-bond acceptors (Lipinski definition) is 3. The van der Waals surface area contributed by atoms with Crippen LogP contribution in [-0.2, 0) is 5.54 Å². The van der Waals surface area contributed by atoms with Gasteiger partial charge in [-0.2, -0.15) is 0 Å². The van der Waals surface area contributed by atoms with Gasteiger partial charge in [0.1, 0.15) is 5.01 Å². The number of rotatable bonds is 1. The standard InChI is InChI=1S/C14H18N2S/c1-10-5-6-12-11(9-10)16-13(17-12)14(2)7-3-4-8-15-14/h5-6,9,15H,3-4,7-8H2,1-2H3. The molecule has 90 valence electrons. The largest absolute Gasteiger partial charge is 0.306 e. The molecule has 1 aromatic carbocycles. The van der Waals surface area contributed by atoms with Crippen molar-refractivity contribution in [1.82, 2.24) is 10.3 Å². The zero-order chi connectivity index (χ0) is 11.9. The van der Waals surface area contributed by atoms with Crippen molar-refractivity contribution in [3.05, 3.63) is 28.8 Å². The molecule has 0 saturated carbocycles. The molecule has 0 radical (unpaired) electrons. The monoisotopic (exact) mass is 246 g/mol. The molecule has 1 saturated heterocycles. The molecule has 1 atom stereocenters. The molecule has 3 heteroatoms. The number of piperidine rings is 1. The summed E-state index contributed by atoms with van der Waals surface area (Å²) in [4.78, 5) is 4.82. The molecule has 1 unspecified atom stereocenters. The number of nitrogens with one attached hydrogen (secondary N) is 1. The Morgan fingerprint density at radius 3 is 3.00 bits per heavy atom. The lowest BCUT2D eigenvalue weighted by atomic mass is 9.92. The van der Waals surface area contributed by atoms with Gasteiger partial charge in [0.25, 0.3) is 0 Å². The molecule has 2 aromatic rings. The molecule has 1 fully saturated rings. The smallest absolute Gasteiger partial charge is 0.114 e. The zero-order valence-electron chi connectivity index (χ0n) is 10.4. The van der Waals surface area contributed by atoms with Crippen molar-refractivity contribution < 1.29 is 0 Å². The van der Waals surface area contributed by atoms with Crippen LogP contribution in [0, 0.1) is 6.92 Å². The third-order valence-electron chi connectivity index (χ3n) is 3.63. The molecule has 1 aliphatic heterocycles. The van der Waals surface area contributed by atoms with E-state index in [-0.39, 0.29) is 5.54 Å². The maximum absolute atomic E-state index is 4.82. The first kappa shape index (κ1) is 11.2. The Balaban J connectivity index is 2.05. The Bertz CT molecular complexity index is 538. The molecule has 1 N–H and O–H groups in total. The fraction of sp³-hybridized carbons (Fsp3) is 0.500. The first-order valence-corrected chi connectivity index (χ1v) is 7.12. The van der Waals surface area contributed by atoms with Gasteiger partial charge in [-0.3, -0.25) is 0 Å². The number of benzene rings is 1. The summed E-state index contributed by atoms with van der Waals surface area (Å²) in [5, 5.41) is 4.88. The molecule has 2 heterocycles. The quantitative estimate of drug-likeness (QED) is 0.831. The van der Waals surface area contributed by atoms with Crippen LogP contribution in [-0.4, -0.2) is 11.5 Å². The lowest BCUT2D eigenvalue weighted by Gasteiger charge is -2.32. The van der Waals surface area contributed by atoms with E-state index < -0.39 is 0 Å². The van der Waals surface area contributed by atoms with Gasteiger partial charge in [-0.15, -0.1) is 11.3 Å². The minimum Gasteiger partial charge on any atom is -0.306 e. The van der Waals surface area contributed by atoms with Gasteiger partial charge in [0.2, 0.25) is 0 Å². The normalized spacial score (nSPS) is 25.3. The Morgan fingerprint density at radius 2 is 2.24 bits per heavy atom. The van der Waals surface area contributed by atoms with Gasteiger partial charge < -0.3 is 5.32 Å². The summed E-state index contributed by atoms with van der Waals surface area (Å²) >= 11 is 1.84. The van der Waals surface area contributed by atoms with Gasteiger partial charge in [-0.05, 0) is 57.4 Å². The summed E-state index contributed by atoms with van der Waals surface area (Å²) < 4.78 is 1.30. The number of nitrogens with zero attached hydrogens (tertiary/aromatic N) is 1. The number of aromatic nitrogens is 1. The van der Waals surface area contributed by atoms with Gasteiger partial charge >= 0.3 is 0 Å². The minimum atomic E-state index is 0.0931. The molecule has 0 aliphatic carbocycles. The Morgan fingerprint density at radius 1 is 1.35 bits per heavy atom. The third kappa shape index (κ3) is 1.98. The molecular weight excluding hydrogens is 228 g/mol. The van der Waals surface area contributed by atoms with Crippen LogP contribution >= 0.6 is 11.3 Å². The van der Waals surface area contributed by atoms with E-state index in [1.54, 1.807) is 0 Å². The number of hydrogen-bond donors (Lipinski definition) is 1. The van der Waals surface area contributed by atoms with E-state index in [1.165, 1.54) is 34.5 Å². The fourth-order valence-electron chi connectivity index (χ4n) is 2.51. The van der Waals surface area contributed by atoms with Gasteiger partial charge in [-0.25, -0.2) is 4.98 Å². The second kappa shape index (κ2) is 4.07. The van der Waals surface area contributed by atoms with Crippen LogP contribution in [0.1, 0.15) is 36.8 Å². The summed E-state index contributed by atoms with van der Waals surface area (Å²) in [5.74, 6) is 0. The van der Waals surface area contributed by atoms with Gasteiger partial charge in [0.15, 0.2) is 0 Å². The number of fused-ring (bicyclic) bond motifs is 1. The van der Waals surface area contributed by atoms with Gasteiger partial charge in [-0.1, -0.05) is 6.07 Å². The first-order valence-electron chi connectivity index (χ1n) is 6.30. The van der Waals surface area contributed by atoms with E-state index in [1.807, 2.05) is 11.3 Å². The van der Waals surface area contributed by atoms with E-state index in [4.69, 9.17) is 4.98 Å². The van der Waals surface area contributed by atoms with Crippen molar-refractivity contribution in [2.45, 2.75) is 38.6 Å². The summed E-state index contributed by atoms with van der Waals surface area (Å²) in [6.07, 6.45) is 3.80. The fourth-order valence-corrected chi connectivity index (χ4v) is 3.61. The Kier molecular flexibility index (Phi) is 2.68. The van der Waals surface area contributed by atoms with Crippen LogP contribution in [0.2, 0.25) is 0 Å². The highest BCUT2D eigenvalue weighted by atomic mass is 32.1. The van der Waals surface area contributed by atoms with E-state index in [9.17, 15) is 0 Å². The van der Waals surface area contributed by atoms with Crippen LogP contribution in [0.5, 0.6) is 0 Å². The first-order chi connectivity index (χ1) is 8.17. The topological polar surface area (TPSA) is 24.9 Å². The van der Waals surface area contributed by atoms with Crippen molar-refractivity contribution in [1.29, 1.82) is 0 Å². The second-order valence-electron chi connectivity index (χ2n) is 5.21. The minimum absolute atomic E-state index is 0.0931. The molecular formula is C14H18N2S. The Hall–Kier alpha value is -0.930. The highest BCUT2D eigenvalue weighted by molar-refractivity contribution is 7.18. The molecule has 1 aromatic heterocycles. The van der Waals surface area contributed by atoms with Crippen molar-refractivity contribution in [3.8, 4) is 0 Å². The molecule has 0 amide bonds. The van der Waals surface area contributed by atoms with Gasteiger partial charge in [0.05, 0.1) is 15.8 Å². The molecule has 3 rings (SSSR count). The molecule has 0 spiro atoms. The molecule has 17 heavy (non-hydrogen) atoms. The molecule has 2 nitrogen and oxygen atoms in total. The summed E-state index contributed by atoms with van der Waals surface area (Å²) in [6.45, 7) is 5.53. The van der Waals surface area contributed by atoms with Crippen LogP contribution < -0.4 is 5.32 Å². The van der Waals surface area contributed by atoms with Crippen LogP contribution in [0.15, 0.2) is 18.2 Å². The summed E-state index contributed by atoms with van der Waals surface area (Å²) in [5.41, 5.74) is 2.53. The van der Waals surface area contributed by atoms with E-state index in [2.05, 4.69) is 37.4 Å². The van der Waals surface area contributed by atoms with Crippen LogP contribution in [0.4, 0.5) is 0 Å². The van der Waals surface area contributed by atoms with E-state index in [0.717, 1.165) is 12.1 Å². The average molecular weight is 246 g/mol. The van der Waals surface area contributed by atoms with E-state index in [0.29, 0.717) is 0 Å². The van der Waals surface area contributed by atoms with Crippen molar-refractivity contribution in [2.24, 2.45) is 0 Å².